The molecule has 1 fully saturated rings. The van der Waals surface area contributed by atoms with Crippen molar-refractivity contribution in [3.05, 3.63) is 114 Å². The molecule has 46 heavy (non-hydrogen) atoms. The Morgan fingerprint density at radius 1 is 0.804 bits per heavy atom. The summed E-state index contributed by atoms with van der Waals surface area (Å²) >= 11 is 0. The Morgan fingerprint density at radius 2 is 1.50 bits per heavy atom. The van der Waals surface area contributed by atoms with Crippen molar-refractivity contribution in [2.45, 2.75) is 34.2 Å². The summed E-state index contributed by atoms with van der Waals surface area (Å²) in [6.45, 7) is 12.0. The first-order chi connectivity index (χ1) is 22.1. The number of benzene rings is 4. The summed E-state index contributed by atoms with van der Waals surface area (Å²) < 4.78 is 0. The van der Waals surface area contributed by atoms with Gasteiger partial charge in [0, 0.05) is 66.0 Å². The normalized spacial score (nSPS) is 13.9. The third kappa shape index (κ3) is 7.08. The van der Waals surface area contributed by atoms with Crippen molar-refractivity contribution in [1.82, 2.24) is 19.8 Å². The highest BCUT2D eigenvalue weighted by atomic mass is 16.2. The molecule has 4 aromatic carbocycles. The van der Waals surface area contributed by atoms with Crippen LogP contribution in [-0.4, -0.2) is 57.8 Å². The van der Waals surface area contributed by atoms with Crippen LogP contribution in [0.25, 0.3) is 22.2 Å². The summed E-state index contributed by atoms with van der Waals surface area (Å²) in [4.78, 5) is 39.7. The molecule has 0 saturated carbocycles. The van der Waals surface area contributed by atoms with E-state index in [9.17, 15) is 9.59 Å². The molecule has 0 radical (unpaired) electrons. The average molecular weight is 613 g/mol. The smallest absolute Gasteiger partial charge is 0.255 e. The summed E-state index contributed by atoms with van der Waals surface area (Å²) in [6, 6.07) is 31.5. The van der Waals surface area contributed by atoms with Crippen LogP contribution in [0.15, 0.2) is 97.1 Å². The molecule has 8 heteroatoms. The maximum Gasteiger partial charge on any atom is 0.255 e. The van der Waals surface area contributed by atoms with E-state index in [2.05, 4.69) is 27.7 Å². The maximum absolute atomic E-state index is 13.1. The van der Waals surface area contributed by atoms with E-state index in [1.807, 2.05) is 105 Å². The van der Waals surface area contributed by atoms with Crippen LogP contribution in [0.1, 0.15) is 42.3 Å². The van der Waals surface area contributed by atoms with Gasteiger partial charge in [-0.1, -0.05) is 81.4 Å². The quantitative estimate of drug-likeness (QED) is 0.201. The number of nitrogens with one attached hydrogen (secondary N) is 2. The molecular weight excluding hydrogens is 572 g/mol. The topological polar surface area (TPSA) is 90.5 Å². The second-order valence-electron chi connectivity index (χ2n) is 12.9. The second-order valence-corrected chi connectivity index (χ2v) is 12.9. The summed E-state index contributed by atoms with van der Waals surface area (Å²) in [5.74, 6) is 0.534. The highest BCUT2D eigenvalue weighted by molar-refractivity contribution is 6.05. The average Bonchev–Trinajstić information content (AvgIpc) is 3.06. The van der Waals surface area contributed by atoms with E-state index in [-0.39, 0.29) is 17.2 Å². The van der Waals surface area contributed by atoms with E-state index in [1.54, 1.807) is 12.1 Å². The van der Waals surface area contributed by atoms with E-state index in [0.29, 0.717) is 11.5 Å². The van der Waals surface area contributed by atoms with Crippen LogP contribution < -0.4 is 10.6 Å². The van der Waals surface area contributed by atoms with Crippen LogP contribution >= 0.6 is 0 Å². The number of nitrogens with zero attached hydrogens (tertiary/aromatic N) is 4. The van der Waals surface area contributed by atoms with Gasteiger partial charge in [0.05, 0.1) is 11.2 Å². The largest absolute Gasteiger partial charge is 0.340 e. The van der Waals surface area contributed by atoms with E-state index < -0.39 is 0 Å². The van der Waals surface area contributed by atoms with Crippen molar-refractivity contribution in [2.24, 2.45) is 5.41 Å². The molecule has 0 aliphatic carbocycles. The molecule has 2 amide bonds. The number of aromatic nitrogens is 2. The Morgan fingerprint density at radius 3 is 2.20 bits per heavy atom. The molecule has 1 aliphatic heterocycles. The summed E-state index contributed by atoms with van der Waals surface area (Å²) in [5.41, 5.74) is 6.71. The van der Waals surface area contributed by atoms with E-state index in [1.165, 1.54) is 5.56 Å². The predicted molar refractivity (Wildman–Crippen MR) is 185 cm³/mol. The molecule has 0 bridgehead atoms. The first-order valence-corrected chi connectivity index (χ1v) is 15.8. The van der Waals surface area contributed by atoms with Gasteiger partial charge in [-0.05, 0) is 54.4 Å². The minimum Gasteiger partial charge on any atom is -0.340 e. The van der Waals surface area contributed by atoms with Crippen molar-refractivity contribution in [2.75, 3.05) is 36.8 Å². The number of rotatable bonds is 7. The zero-order chi connectivity index (χ0) is 32.3. The zero-order valence-corrected chi connectivity index (χ0v) is 26.9. The van der Waals surface area contributed by atoms with Gasteiger partial charge in [-0.25, -0.2) is 9.97 Å². The van der Waals surface area contributed by atoms with Crippen LogP contribution in [0.3, 0.4) is 0 Å². The van der Waals surface area contributed by atoms with Crippen molar-refractivity contribution in [3.63, 3.8) is 0 Å². The molecular formula is C38H40N6O2. The number of aryl methyl sites for hydroxylation is 1. The van der Waals surface area contributed by atoms with E-state index >= 15 is 0 Å². The second kappa shape index (κ2) is 13.1. The molecule has 2 N–H and O–H groups in total. The molecule has 2 heterocycles. The van der Waals surface area contributed by atoms with Crippen molar-refractivity contribution >= 4 is 40.0 Å². The van der Waals surface area contributed by atoms with Crippen LogP contribution in [0.2, 0.25) is 0 Å². The van der Waals surface area contributed by atoms with Gasteiger partial charge in [0.15, 0.2) is 0 Å². The lowest BCUT2D eigenvalue weighted by Gasteiger charge is -2.37. The molecule has 1 aromatic heterocycles. The fourth-order valence-electron chi connectivity index (χ4n) is 5.78. The maximum atomic E-state index is 13.1. The number of piperazine rings is 1. The van der Waals surface area contributed by atoms with Crippen molar-refractivity contribution in [1.29, 1.82) is 0 Å². The number of hydrogen-bond acceptors (Lipinski definition) is 6. The van der Waals surface area contributed by atoms with Gasteiger partial charge in [-0.3, -0.25) is 14.5 Å². The Balaban J connectivity index is 1.07. The number of anilines is 3. The zero-order valence-electron chi connectivity index (χ0n) is 26.9. The van der Waals surface area contributed by atoms with Gasteiger partial charge in [0.2, 0.25) is 11.9 Å². The van der Waals surface area contributed by atoms with Gasteiger partial charge in [-0.2, -0.15) is 0 Å². The lowest BCUT2D eigenvalue weighted by Crippen LogP contribution is -2.51. The molecule has 0 spiro atoms. The molecule has 6 rings (SSSR count). The van der Waals surface area contributed by atoms with Gasteiger partial charge >= 0.3 is 0 Å². The summed E-state index contributed by atoms with van der Waals surface area (Å²) in [6.07, 6.45) is 0. The molecule has 0 atom stereocenters. The van der Waals surface area contributed by atoms with Gasteiger partial charge in [0.25, 0.3) is 5.91 Å². The Labute approximate surface area is 270 Å². The van der Waals surface area contributed by atoms with Crippen molar-refractivity contribution < 1.29 is 9.59 Å². The lowest BCUT2D eigenvalue weighted by atomic mass is 9.94. The molecule has 234 valence electrons. The Hall–Kier alpha value is -5.08. The van der Waals surface area contributed by atoms with Gasteiger partial charge in [-0.15, -0.1) is 0 Å². The number of carbonyl (C=O) groups excluding carboxylic acids is 2. The lowest BCUT2D eigenvalue weighted by molar-refractivity contribution is -0.141. The predicted octanol–water partition coefficient (Wildman–Crippen LogP) is 7.29. The molecule has 8 nitrogen and oxygen atoms in total. The summed E-state index contributed by atoms with van der Waals surface area (Å²) in [5, 5.41) is 7.36. The highest BCUT2D eigenvalue weighted by Gasteiger charge is 2.29. The molecule has 5 aromatic rings. The van der Waals surface area contributed by atoms with Crippen LogP contribution in [0.5, 0.6) is 0 Å². The first kappa shape index (κ1) is 30.9. The van der Waals surface area contributed by atoms with Crippen molar-refractivity contribution in [3.8, 4) is 11.3 Å². The van der Waals surface area contributed by atoms with Crippen LogP contribution in [-0.2, 0) is 11.3 Å². The minimum atomic E-state index is -0.349. The van der Waals surface area contributed by atoms with E-state index in [0.717, 1.165) is 71.8 Å². The van der Waals surface area contributed by atoms with Crippen LogP contribution in [0, 0.1) is 12.3 Å². The summed E-state index contributed by atoms with van der Waals surface area (Å²) in [7, 11) is 0. The Bertz CT molecular complexity index is 1860. The SMILES string of the molecule is Cc1cc(CN2CCN(C(=O)C(C)(C)C)CC2)ccc1NC(=O)c1ccc(Nc2nc(-c3ccccc3)c3ccccc3n2)cc1. The molecule has 1 saturated heterocycles. The molecule has 1 aliphatic rings. The number of amides is 2. The first-order valence-electron chi connectivity index (χ1n) is 15.8. The van der Waals surface area contributed by atoms with Gasteiger partial charge in [0.1, 0.15) is 0 Å². The highest BCUT2D eigenvalue weighted by Crippen LogP contribution is 2.28. The standard InChI is InChI=1S/C38H40N6O2/c1-26-24-27(25-43-20-22-44(23-21-43)36(46)38(2,3)4)14-19-32(26)40-35(45)29-15-17-30(18-16-29)39-37-41-33-13-9-8-12-31(33)34(42-37)28-10-6-5-7-11-28/h5-19,24H,20-23,25H2,1-4H3,(H,40,45)(H,39,41,42). The fraction of sp³-hybridized carbons (Fsp3) is 0.263. The fourth-order valence-corrected chi connectivity index (χ4v) is 5.78. The number of carbonyl (C=O) groups is 2. The monoisotopic (exact) mass is 612 g/mol. The third-order valence-electron chi connectivity index (χ3n) is 8.30. The minimum absolute atomic E-state index is 0.171. The Kier molecular flexibility index (Phi) is 8.81. The van der Waals surface area contributed by atoms with Gasteiger partial charge < -0.3 is 15.5 Å². The number of hydrogen-bond donors (Lipinski definition) is 2. The molecule has 0 unspecified atom stereocenters. The van der Waals surface area contributed by atoms with Crippen LogP contribution in [0.4, 0.5) is 17.3 Å². The number of para-hydroxylation sites is 1. The third-order valence-corrected chi connectivity index (χ3v) is 8.30. The van der Waals surface area contributed by atoms with E-state index in [4.69, 9.17) is 9.97 Å². The number of fused-ring (bicyclic) bond motifs is 1.